The third-order valence-electron chi connectivity index (χ3n) is 4.12. The number of aliphatic hydroxyl groups excluding tert-OH is 2. The van der Waals surface area contributed by atoms with E-state index in [0.29, 0.717) is 5.56 Å². The molecular formula is C15H17FN4O3. The number of nitrogens with zero attached hydrogens (tertiary/aromatic N) is 2. The topological polar surface area (TPSA) is 111 Å². The zero-order valence-corrected chi connectivity index (χ0v) is 12.2. The third-order valence-corrected chi connectivity index (χ3v) is 4.12. The predicted molar refractivity (Wildman–Crippen MR) is 79.8 cm³/mol. The maximum absolute atomic E-state index is 14.2. The highest BCUT2D eigenvalue weighted by atomic mass is 19.1. The number of anilines is 1. The molecule has 23 heavy (non-hydrogen) atoms. The number of carbonyl (C=O) groups excluding carboxylic acids is 1. The number of nitrogens with one attached hydrogen (secondary N) is 2. The Morgan fingerprint density at radius 2 is 2.35 bits per heavy atom. The third kappa shape index (κ3) is 2.95. The van der Waals surface area contributed by atoms with Gasteiger partial charge in [-0.3, -0.25) is 4.79 Å². The van der Waals surface area contributed by atoms with Crippen LogP contribution in [-0.2, 0) is 0 Å². The average Bonchev–Trinajstić information content (AvgIpc) is 3.19. The van der Waals surface area contributed by atoms with Crippen LogP contribution in [0.15, 0.2) is 31.0 Å². The van der Waals surface area contributed by atoms with Gasteiger partial charge in [-0.15, -0.1) is 0 Å². The molecule has 8 heteroatoms. The second-order valence-corrected chi connectivity index (χ2v) is 5.58. The molecule has 0 spiro atoms. The van der Waals surface area contributed by atoms with E-state index >= 15 is 0 Å². The first-order valence-electron chi connectivity index (χ1n) is 7.29. The number of H-pyrrole nitrogens is 1. The van der Waals surface area contributed by atoms with Crippen LogP contribution in [0.2, 0.25) is 0 Å². The fourth-order valence-electron chi connectivity index (χ4n) is 2.82. The van der Waals surface area contributed by atoms with Crippen LogP contribution in [0.25, 0.3) is 0 Å². The van der Waals surface area contributed by atoms with Crippen molar-refractivity contribution in [2.45, 2.75) is 24.7 Å². The number of rotatable bonds is 5. The predicted octanol–water partition coefficient (Wildman–Crippen LogP) is 0.527. The average molecular weight is 320 g/mol. The van der Waals surface area contributed by atoms with Gasteiger partial charge < -0.3 is 20.5 Å². The van der Waals surface area contributed by atoms with E-state index in [1.54, 1.807) is 18.5 Å². The van der Waals surface area contributed by atoms with E-state index in [4.69, 9.17) is 5.11 Å². The molecule has 1 saturated carbocycles. The van der Waals surface area contributed by atoms with Gasteiger partial charge in [-0.1, -0.05) is 0 Å². The highest BCUT2D eigenvalue weighted by Gasteiger charge is 2.43. The van der Waals surface area contributed by atoms with E-state index in [1.165, 1.54) is 12.5 Å². The first-order chi connectivity index (χ1) is 11.1. The van der Waals surface area contributed by atoms with E-state index in [1.807, 2.05) is 0 Å². The molecule has 0 aromatic carbocycles. The first kappa shape index (κ1) is 15.6. The Morgan fingerprint density at radius 1 is 1.52 bits per heavy atom. The van der Waals surface area contributed by atoms with Crippen molar-refractivity contribution < 1.29 is 19.4 Å². The van der Waals surface area contributed by atoms with Crippen LogP contribution in [0.3, 0.4) is 0 Å². The number of carbonyl (C=O) groups is 1. The molecule has 122 valence electrons. The molecule has 2 heterocycles. The summed E-state index contributed by atoms with van der Waals surface area (Å²) in [5.74, 6) is -0.611. The second-order valence-electron chi connectivity index (χ2n) is 5.58. The van der Waals surface area contributed by atoms with Crippen LogP contribution in [-0.4, -0.2) is 55.9 Å². The SMILES string of the molecule is O=C(c1cc[nH]c1)c1cncnc1N[C@@H]1C[C@H](CO)[C@@H](O)[C@@H]1F. The molecular weight excluding hydrogens is 303 g/mol. The van der Waals surface area contributed by atoms with E-state index in [-0.39, 0.29) is 30.2 Å². The van der Waals surface area contributed by atoms with Gasteiger partial charge in [0.15, 0.2) is 5.78 Å². The summed E-state index contributed by atoms with van der Waals surface area (Å²) in [6.45, 7) is -0.293. The number of aliphatic hydroxyl groups is 2. The Labute approximate surface area is 131 Å². The van der Waals surface area contributed by atoms with Gasteiger partial charge in [0.1, 0.15) is 18.3 Å². The molecule has 1 aliphatic carbocycles. The zero-order chi connectivity index (χ0) is 16.4. The summed E-state index contributed by atoms with van der Waals surface area (Å²) in [6.07, 6.45) is 3.28. The highest BCUT2D eigenvalue weighted by Crippen LogP contribution is 2.31. The van der Waals surface area contributed by atoms with Crippen molar-refractivity contribution in [2.75, 3.05) is 11.9 Å². The Balaban J connectivity index is 1.83. The zero-order valence-electron chi connectivity index (χ0n) is 12.2. The summed E-state index contributed by atoms with van der Waals surface area (Å²) in [7, 11) is 0. The number of hydrogen-bond acceptors (Lipinski definition) is 6. The minimum atomic E-state index is -1.54. The second kappa shape index (κ2) is 6.43. The summed E-state index contributed by atoms with van der Waals surface area (Å²) in [6, 6.07) is 0.896. The standard InChI is InChI=1S/C15H17FN4O3/c16-12-11(3-9(6-21)14(12)23)20-15-10(5-18-7-19-15)13(22)8-1-2-17-4-8/h1-2,4-5,7,9,11-12,14,17,21,23H,3,6H2,(H,18,19,20)/t9-,11-,12-,14-/m1/s1. The van der Waals surface area contributed by atoms with Gasteiger partial charge in [0.25, 0.3) is 0 Å². The molecule has 2 aromatic heterocycles. The summed E-state index contributed by atoms with van der Waals surface area (Å²) in [5.41, 5.74) is 0.667. The summed E-state index contributed by atoms with van der Waals surface area (Å²) in [5, 5.41) is 21.8. The lowest BCUT2D eigenvalue weighted by Crippen LogP contribution is -2.32. The largest absolute Gasteiger partial charge is 0.396 e. The van der Waals surface area contributed by atoms with Gasteiger partial charge in [0, 0.05) is 36.7 Å². The van der Waals surface area contributed by atoms with Crippen molar-refractivity contribution in [3.05, 3.63) is 42.1 Å². The molecule has 3 rings (SSSR count). The minimum absolute atomic E-state index is 0.213. The Bertz CT molecular complexity index is 679. The Hall–Kier alpha value is -2.32. The number of halogens is 1. The normalized spacial score (nSPS) is 27.1. The maximum atomic E-state index is 14.2. The van der Waals surface area contributed by atoms with Crippen molar-refractivity contribution in [2.24, 2.45) is 5.92 Å². The molecule has 0 bridgehead atoms. The molecule has 4 N–H and O–H groups in total. The molecule has 0 saturated heterocycles. The van der Waals surface area contributed by atoms with Gasteiger partial charge in [0.2, 0.25) is 0 Å². The molecule has 2 aromatic rings. The van der Waals surface area contributed by atoms with E-state index in [9.17, 15) is 14.3 Å². The van der Waals surface area contributed by atoms with Crippen molar-refractivity contribution in [3.63, 3.8) is 0 Å². The Morgan fingerprint density at radius 3 is 3.00 bits per heavy atom. The minimum Gasteiger partial charge on any atom is -0.396 e. The summed E-state index contributed by atoms with van der Waals surface area (Å²) >= 11 is 0. The monoisotopic (exact) mass is 320 g/mol. The van der Waals surface area contributed by atoms with Gasteiger partial charge in [-0.25, -0.2) is 14.4 Å². The molecule has 0 amide bonds. The lowest BCUT2D eigenvalue weighted by molar-refractivity contribution is 0.0444. The van der Waals surface area contributed by atoms with Crippen LogP contribution in [0.1, 0.15) is 22.3 Å². The van der Waals surface area contributed by atoms with Gasteiger partial charge in [-0.2, -0.15) is 0 Å². The number of alkyl halides is 1. The molecule has 4 atom stereocenters. The van der Waals surface area contributed by atoms with E-state index in [0.717, 1.165) is 0 Å². The smallest absolute Gasteiger partial charge is 0.199 e. The van der Waals surface area contributed by atoms with Crippen LogP contribution in [0.4, 0.5) is 10.2 Å². The number of hydrogen-bond donors (Lipinski definition) is 4. The summed E-state index contributed by atoms with van der Waals surface area (Å²) in [4.78, 5) is 23.1. The Kier molecular flexibility index (Phi) is 4.35. The number of aromatic nitrogens is 3. The van der Waals surface area contributed by atoms with Crippen LogP contribution in [0, 0.1) is 5.92 Å². The lowest BCUT2D eigenvalue weighted by atomic mass is 10.1. The molecule has 0 radical (unpaired) electrons. The van der Waals surface area contributed by atoms with Gasteiger partial charge >= 0.3 is 0 Å². The first-order valence-corrected chi connectivity index (χ1v) is 7.29. The van der Waals surface area contributed by atoms with Crippen molar-refractivity contribution in [1.82, 2.24) is 15.0 Å². The maximum Gasteiger partial charge on any atom is 0.199 e. The van der Waals surface area contributed by atoms with E-state index < -0.39 is 24.2 Å². The molecule has 0 unspecified atom stereocenters. The van der Waals surface area contributed by atoms with Crippen LogP contribution >= 0.6 is 0 Å². The molecule has 1 aliphatic rings. The number of aromatic amines is 1. The summed E-state index contributed by atoms with van der Waals surface area (Å²) < 4.78 is 14.2. The van der Waals surface area contributed by atoms with Crippen molar-refractivity contribution in [3.8, 4) is 0 Å². The molecule has 7 nitrogen and oxygen atoms in total. The lowest BCUT2D eigenvalue weighted by Gasteiger charge is -2.18. The quantitative estimate of drug-likeness (QED) is 0.598. The number of ketones is 1. The van der Waals surface area contributed by atoms with Crippen molar-refractivity contribution >= 4 is 11.6 Å². The van der Waals surface area contributed by atoms with E-state index in [2.05, 4.69) is 20.3 Å². The van der Waals surface area contributed by atoms with Crippen LogP contribution < -0.4 is 5.32 Å². The molecule has 1 fully saturated rings. The van der Waals surface area contributed by atoms with Gasteiger partial charge in [-0.05, 0) is 12.5 Å². The van der Waals surface area contributed by atoms with Crippen LogP contribution in [0.5, 0.6) is 0 Å². The molecule has 0 aliphatic heterocycles. The fraction of sp³-hybridized carbons (Fsp3) is 0.400. The van der Waals surface area contributed by atoms with Gasteiger partial charge in [0.05, 0.1) is 17.7 Å². The van der Waals surface area contributed by atoms with Crippen molar-refractivity contribution in [1.29, 1.82) is 0 Å². The highest BCUT2D eigenvalue weighted by molar-refractivity contribution is 6.11. The fourth-order valence-corrected chi connectivity index (χ4v) is 2.82.